The van der Waals surface area contributed by atoms with E-state index in [0.29, 0.717) is 31.0 Å². The lowest BCUT2D eigenvalue weighted by molar-refractivity contribution is 0.0740. The van der Waals surface area contributed by atoms with Crippen LogP contribution in [0, 0.1) is 17.2 Å². The third kappa shape index (κ3) is 4.25. The van der Waals surface area contributed by atoms with E-state index in [-0.39, 0.29) is 5.91 Å². The molecule has 0 aliphatic rings. The summed E-state index contributed by atoms with van der Waals surface area (Å²) in [6.07, 6.45) is 3.55. The average molecular weight is 260 g/mol. The molecule has 0 saturated heterocycles. The molecule has 5 nitrogen and oxygen atoms in total. The van der Waals surface area contributed by atoms with Crippen molar-refractivity contribution >= 4 is 11.6 Å². The molecule has 0 aliphatic carbocycles. The van der Waals surface area contributed by atoms with Gasteiger partial charge in [0.05, 0.1) is 18.1 Å². The van der Waals surface area contributed by atoms with Gasteiger partial charge in [-0.3, -0.25) is 9.78 Å². The van der Waals surface area contributed by atoms with Gasteiger partial charge in [0.2, 0.25) is 0 Å². The molecule has 5 heteroatoms. The van der Waals surface area contributed by atoms with E-state index in [2.05, 4.69) is 30.2 Å². The van der Waals surface area contributed by atoms with Gasteiger partial charge in [-0.15, -0.1) is 0 Å². The number of rotatable bonds is 6. The SMILES string of the molecule is CNc1ccncc1C(=O)N(CCC#N)CC(C)C. The number of aromatic nitrogens is 1. The summed E-state index contributed by atoms with van der Waals surface area (Å²) in [6.45, 7) is 5.19. The number of amides is 1. The molecular formula is C14H20N4O. The van der Waals surface area contributed by atoms with Gasteiger partial charge in [0.1, 0.15) is 0 Å². The molecule has 0 unspecified atom stereocenters. The minimum atomic E-state index is -0.0820. The van der Waals surface area contributed by atoms with E-state index in [1.54, 1.807) is 30.4 Å². The minimum absolute atomic E-state index is 0.0820. The summed E-state index contributed by atoms with van der Waals surface area (Å²) >= 11 is 0. The van der Waals surface area contributed by atoms with Crippen molar-refractivity contribution in [2.75, 3.05) is 25.5 Å². The summed E-state index contributed by atoms with van der Waals surface area (Å²) in [5, 5.41) is 11.7. The zero-order valence-corrected chi connectivity index (χ0v) is 11.7. The summed E-state index contributed by atoms with van der Waals surface area (Å²) in [7, 11) is 1.77. The second kappa shape index (κ2) is 7.37. The first-order chi connectivity index (χ1) is 9.10. The van der Waals surface area contributed by atoms with Crippen molar-refractivity contribution in [1.82, 2.24) is 9.88 Å². The Hall–Kier alpha value is -2.09. The highest BCUT2D eigenvalue weighted by atomic mass is 16.2. The number of hydrogen-bond donors (Lipinski definition) is 1. The third-order valence-electron chi connectivity index (χ3n) is 2.69. The van der Waals surface area contributed by atoms with E-state index >= 15 is 0 Å². The molecule has 0 bridgehead atoms. The summed E-state index contributed by atoms with van der Waals surface area (Å²) < 4.78 is 0. The minimum Gasteiger partial charge on any atom is -0.387 e. The Balaban J connectivity index is 2.94. The molecule has 19 heavy (non-hydrogen) atoms. The number of nitriles is 1. The molecule has 1 heterocycles. The first-order valence-electron chi connectivity index (χ1n) is 6.38. The number of carbonyl (C=O) groups excluding carboxylic acids is 1. The number of nitrogens with one attached hydrogen (secondary N) is 1. The Morgan fingerprint density at radius 2 is 2.32 bits per heavy atom. The van der Waals surface area contributed by atoms with E-state index in [9.17, 15) is 4.79 Å². The zero-order valence-electron chi connectivity index (χ0n) is 11.7. The predicted molar refractivity (Wildman–Crippen MR) is 74.8 cm³/mol. The van der Waals surface area contributed by atoms with Crippen LogP contribution in [0.4, 0.5) is 5.69 Å². The zero-order chi connectivity index (χ0) is 14.3. The van der Waals surface area contributed by atoms with Gasteiger partial charge in [0.25, 0.3) is 5.91 Å². The van der Waals surface area contributed by atoms with Crippen LogP contribution in [0.1, 0.15) is 30.6 Å². The first kappa shape index (κ1) is 15.0. The third-order valence-corrected chi connectivity index (χ3v) is 2.69. The highest BCUT2D eigenvalue weighted by molar-refractivity contribution is 5.99. The van der Waals surface area contributed by atoms with Crippen LogP contribution in [-0.4, -0.2) is 35.9 Å². The lowest BCUT2D eigenvalue weighted by atomic mass is 10.1. The predicted octanol–water partition coefficient (Wildman–Crippen LogP) is 2.14. The maximum Gasteiger partial charge on any atom is 0.257 e. The van der Waals surface area contributed by atoms with Crippen LogP contribution in [-0.2, 0) is 0 Å². The Kier molecular flexibility index (Phi) is 5.80. The topological polar surface area (TPSA) is 69.0 Å². The summed E-state index contributed by atoms with van der Waals surface area (Å²) in [6, 6.07) is 3.85. The Bertz CT molecular complexity index is 465. The largest absolute Gasteiger partial charge is 0.387 e. The number of anilines is 1. The van der Waals surface area contributed by atoms with Crippen LogP contribution in [0.25, 0.3) is 0 Å². The fraction of sp³-hybridized carbons (Fsp3) is 0.500. The molecular weight excluding hydrogens is 240 g/mol. The summed E-state index contributed by atoms with van der Waals surface area (Å²) in [5.41, 5.74) is 1.30. The second-order valence-electron chi connectivity index (χ2n) is 4.72. The summed E-state index contributed by atoms with van der Waals surface area (Å²) in [5.74, 6) is 0.277. The Morgan fingerprint density at radius 1 is 1.58 bits per heavy atom. The van der Waals surface area contributed by atoms with Gasteiger partial charge in [-0.2, -0.15) is 5.26 Å². The molecule has 0 aromatic carbocycles. The van der Waals surface area contributed by atoms with E-state index in [1.807, 2.05) is 0 Å². The van der Waals surface area contributed by atoms with Crippen molar-refractivity contribution in [2.24, 2.45) is 5.92 Å². The molecule has 0 fully saturated rings. The average Bonchev–Trinajstić information content (AvgIpc) is 2.42. The van der Waals surface area contributed by atoms with Gasteiger partial charge in [0.15, 0.2) is 0 Å². The van der Waals surface area contributed by atoms with Crippen molar-refractivity contribution in [3.8, 4) is 6.07 Å². The van der Waals surface area contributed by atoms with Crippen LogP contribution in [0.5, 0.6) is 0 Å². The summed E-state index contributed by atoms with van der Waals surface area (Å²) in [4.78, 5) is 18.2. The standard InChI is InChI=1S/C14H20N4O/c1-11(2)10-18(8-4-6-15)14(19)12-9-17-7-5-13(12)16-3/h5,7,9,11H,4,8,10H2,1-3H3,(H,16,17). The highest BCUT2D eigenvalue weighted by Gasteiger charge is 2.19. The van der Waals surface area contributed by atoms with Gasteiger partial charge in [0, 0.05) is 38.2 Å². The van der Waals surface area contributed by atoms with Crippen LogP contribution >= 0.6 is 0 Å². The van der Waals surface area contributed by atoms with Gasteiger partial charge < -0.3 is 10.2 Å². The number of nitrogens with zero attached hydrogens (tertiary/aromatic N) is 3. The Labute approximate surface area is 114 Å². The van der Waals surface area contributed by atoms with Crippen molar-refractivity contribution < 1.29 is 4.79 Å². The van der Waals surface area contributed by atoms with E-state index in [4.69, 9.17) is 5.26 Å². The van der Waals surface area contributed by atoms with Crippen LogP contribution in [0.3, 0.4) is 0 Å². The van der Waals surface area contributed by atoms with Gasteiger partial charge >= 0.3 is 0 Å². The second-order valence-corrected chi connectivity index (χ2v) is 4.72. The molecule has 1 aromatic heterocycles. The molecule has 1 N–H and O–H groups in total. The quantitative estimate of drug-likeness (QED) is 0.850. The van der Waals surface area contributed by atoms with Gasteiger partial charge in [-0.25, -0.2) is 0 Å². The maximum absolute atomic E-state index is 12.5. The first-order valence-corrected chi connectivity index (χ1v) is 6.38. The number of pyridine rings is 1. The van der Waals surface area contributed by atoms with Crippen LogP contribution in [0.2, 0.25) is 0 Å². The number of carbonyl (C=O) groups is 1. The molecule has 1 aromatic rings. The van der Waals surface area contributed by atoms with E-state index < -0.39 is 0 Å². The van der Waals surface area contributed by atoms with Gasteiger partial charge in [-0.1, -0.05) is 13.8 Å². The molecule has 0 atom stereocenters. The van der Waals surface area contributed by atoms with E-state index in [0.717, 1.165) is 5.69 Å². The van der Waals surface area contributed by atoms with Crippen molar-refractivity contribution in [3.63, 3.8) is 0 Å². The van der Waals surface area contributed by atoms with Crippen LogP contribution < -0.4 is 5.32 Å². The fourth-order valence-corrected chi connectivity index (χ4v) is 1.85. The Morgan fingerprint density at radius 3 is 2.89 bits per heavy atom. The molecule has 1 rings (SSSR count). The smallest absolute Gasteiger partial charge is 0.257 e. The lowest BCUT2D eigenvalue weighted by Crippen LogP contribution is -2.35. The van der Waals surface area contributed by atoms with Crippen LogP contribution in [0.15, 0.2) is 18.5 Å². The van der Waals surface area contributed by atoms with Gasteiger partial charge in [-0.05, 0) is 12.0 Å². The number of hydrogen-bond acceptors (Lipinski definition) is 4. The van der Waals surface area contributed by atoms with Crippen molar-refractivity contribution in [1.29, 1.82) is 5.26 Å². The fourth-order valence-electron chi connectivity index (χ4n) is 1.85. The molecule has 1 amide bonds. The molecule has 102 valence electrons. The lowest BCUT2D eigenvalue weighted by Gasteiger charge is -2.24. The van der Waals surface area contributed by atoms with E-state index in [1.165, 1.54) is 0 Å². The maximum atomic E-state index is 12.5. The molecule has 0 aliphatic heterocycles. The molecule has 0 spiro atoms. The molecule has 0 radical (unpaired) electrons. The highest BCUT2D eigenvalue weighted by Crippen LogP contribution is 2.16. The van der Waals surface area contributed by atoms with Crippen molar-refractivity contribution in [2.45, 2.75) is 20.3 Å². The monoisotopic (exact) mass is 260 g/mol. The molecule has 0 saturated carbocycles. The van der Waals surface area contributed by atoms with Crippen molar-refractivity contribution in [3.05, 3.63) is 24.0 Å². The normalized spacial score (nSPS) is 10.1.